The third-order valence-electron chi connectivity index (χ3n) is 7.67. The predicted octanol–water partition coefficient (Wildman–Crippen LogP) is 3.26. The Morgan fingerprint density at radius 3 is 2.56 bits per heavy atom. The highest BCUT2D eigenvalue weighted by molar-refractivity contribution is 7.99. The fourth-order valence-corrected chi connectivity index (χ4v) is 7.61. The van der Waals surface area contributed by atoms with E-state index in [2.05, 4.69) is 36.0 Å². The van der Waals surface area contributed by atoms with Gasteiger partial charge >= 0.3 is 0 Å². The van der Waals surface area contributed by atoms with Crippen LogP contribution >= 0.6 is 11.8 Å². The van der Waals surface area contributed by atoms with Crippen molar-refractivity contribution >= 4 is 23.6 Å². The van der Waals surface area contributed by atoms with Crippen LogP contribution in [0.15, 0.2) is 11.2 Å². The van der Waals surface area contributed by atoms with Crippen LogP contribution in [-0.4, -0.2) is 63.7 Å². The van der Waals surface area contributed by atoms with Gasteiger partial charge in [-0.3, -0.25) is 4.79 Å². The summed E-state index contributed by atoms with van der Waals surface area (Å²) < 4.78 is 5.85. The molecule has 176 valence electrons. The molecular weight excluding hydrogens is 424 g/mol. The molecule has 2 N–H and O–H groups in total. The fraction of sp³-hybridized carbons (Fsp3) is 0.792. The molecule has 7 nitrogen and oxygen atoms in total. The molecule has 1 saturated heterocycles. The maximum Gasteiger partial charge on any atom is 0.255 e. The zero-order valence-electron chi connectivity index (χ0n) is 19.4. The predicted molar refractivity (Wildman–Crippen MR) is 125 cm³/mol. The number of nitrogens with zero attached hydrogens (tertiary/aromatic N) is 3. The van der Waals surface area contributed by atoms with E-state index in [0.717, 1.165) is 62.4 Å². The van der Waals surface area contributed by atoms with Gasteiger partial charge in [0.2, 0.25) is 5.95 Å². The molecule has 5 aliphatic rings. The van der Waals surface area contributed by atoms with Gasteiger partial charge in [-0.1, -0.05) is 6.92 Å². The minimum absolute atomic E-state index is 0.0664. The Kier molecular flexibility index (Phi) is 6.14. The van der Waals surface area contributed by atoms with Gasteiger partial charge in [0.05, 0.1) is 23.4 Å². The topological polar surface area (TPSA) is 87.6 Å². The number of carbonyl (C=O) groups excluding carboxylic acids is 1. The molecule has 1 aromatic heterocycles. The van der Waals surface area contributed by atoms with Crippen LogP contribution in [0.1, 0.15) is 69.7 Å². The van der Waals surface area contributed by atoms with Gasteiger partial charge < -0.3 is 20.1 Å². The highest BCUT2D eigenvalue weighted by Crippen LogP contribution is 2.55. The normalized spacial score (nSPS) is 38.2. The van der Waals surface area contributed by atoms with E-state index in [1.165, 1.54) is 0 Å². The highest BCUT2D eigenvalue weighted by Gasteiger charge is 2.55. The van der Waals surface area contributed by atoms with Crippen LogP contribution in [0.4, 0.5) is 5.95 Å². The Bertz CT molecular complexity index is 842. The average Bonchev–Trinajstić information content (AvgIpc) is 2.72. The van der Waals surface area contributed by atoms with Gasteiger partial charge in [0.25, 0.3) is 5.91 Å². The largest absolute Gasteiger partial charge is 0.390 e. The molecule has 6 rings (SSSR count). The molecule has 0 radical (unpaired) electrons. The molecule has 32 heavy (non-hydrogen) atoms. The van der Waals surface area contributed by atoms with Crippen LogP contribution in [-0.2, 0) is 4.74 Å². The van der Waals surface area contributed by atoms with Gasteiger partial charge in [0.1, 0.15) is 5.03 Å². The standard InChI is InChI=1S/C24H36N4O3S/c1-4-5-32-22-19(11-25-23(27-22)28-12-14(2)31-15(3)13-28)21(29)26-20-17-6-16-7-18(20)10-24(30,8-16)9-17/h11,14-18,20,30H,4-10,12-13H2,1-3H3,(H,26,29)/t14-,15+,16?,17?,18?,20?,24?. The number of ether oxygens (including phenoxy) is 1. The van der Waals surface area contributed by atoms with Crippen molar-refractivity contribution in [3.63, 3.8) is 0 Å². The first-order valence-corrected chi connectivity index (χ1v) is 13.3. The van der Waals surface area contributed by atoms with E-state index in [1.807, 2.05) is 0 Å². The molecule has 1 amide bonds. The summed E-state index contributed by atoms with van der Waals surface area (Å²) in [6, 6.07) is 0.156. The maximum atomic E-state index is 13.4. The monoisotopic (exact) mass is 460 g/mol. The summed E-state index contributed by atoms with van der Waals surface area (Å²) in [6.45, 7) is 7.78. The average molecular weight is 461 g/mol. The SMILES string of the molecule is CCCSc1nc(N2C[C@@H](C)O[C@@H](C)C2)ncc1C(=O)NC1C2CC3CC1CC(O)(C3)C2. The molecule has 4 atom stereocenters. The number of hydrogen-bond donors (Lipinski definition) is 2. The lowest BCUT2D eigenvalue weighted by molar-refractivity contribution is -0.136. The minimum atomic E-state index is -0.489. The van der Waals surface area contributed by atoms with E-state index in [4.69, 9.17) is 9.72 Å². The first kappa shape index (κ1) is 22.4. The van der Waals surface area contributed by atoms with E-state index in [1.54, 1.807) is 18.0 Å². The summed E-state index contributed by atoms with van der Waals surface area (Å²) in [5.74, 6) is 2.93. The second-order valence-corrected chi connectivity index (χ2v) is 11.7. The molecule has 1 aliphatic heterocycles. The van der Waals surface area contributed by atoms with Gasteiger partial charge in [-0.05, 0) is 75.9 Å². The Morgan fingerprint density at radius 1 is 1.25 bits per heavy atom. The number of aliphatic hydroxyl groups is 1. The van der Waals surface area contributed by atoms with Crippen LogP contribution in [0.5, 0.6) is 0 Å². The van der Waals surface area contributed by atoms with Crippen LogP contribution < -0.4 is 10.2 Å². The Morgan fingerprint density at radius 2 is 1.94 bits per heavy atom. The van der Waals surface area contributed by atoms with Gasteiger partial charge in [-0.2, -0.15) is 0 Å². The van der Waals surface area contributed by atoms with Crippen molar-refractivity contribution in [3.8, 4) is 0 Å². The summed E-state index contributed by atoms with van der Waals surface area (Å²) in [7, 11) is 0. The quantitative estimate of drug-likeness (QED) is 0.498. The van der Waals surface area contributed by atoms with E-state index in [9.17, 15) is 9.90 Å². The lowest BCUT2D eigenvalue weighted by Gasteiger charge is -2.58. The number of carbonyl (C=O) groups is 1. The summed E-state index contributed by atoms with van der Waals surface area (Å²) >= 11 is 1.64. The fourth-order valence-electron chi connectivity index (χ4n) is 6.76. The van der Waals surface area contributed by atoms with E-state index < -0.39 is 5.60 Å². The second kappa shape index (κ2) is 8.76. The highest BCUT2D eigenvalue weighted by atomic mass is 32.2. The van der Waals surface area contributed by atoms with E-state index >= 15 is 0 Å². The Balaban J connectivity index is 1.34. The minimum Gasteiger partial charge on any atom is -0.390 e. The first-order chi connectivity index (χ1) is 15.3. The van der Waals surface area contributed by atoms with Crippen molar-refractivity contribution in [2.24, 2.45) is 17.8 Å². The number of anilines is 1. The van der Waals surface area contributed by atoms with E-state index in [0.29, 0.717) is 29.3 Å². The van der Waals surface area contributed by atoms with Crippen molar-refractivity contribution in [2.45, 2.75) is 88.2 Å². The Labute approximate surface area is 195 Å². The smallest absolute Gasteiger partial charge is 0.255 e. The number of hydrogen-bond acceptors (Lipinski definition) is 7. The van der Waals surface area contributed by atoms with Crippen LogP contribution in [0.2, 0.25) is 0 Å². The molecular formula is C24H36N4O3S. The third-order valence-corrected chi connectivity index (χ3v) is 8.87. The molecule has 0 aromatic carbocycles. The molecule has 2 unspecified atom stereocenters. The van der Waals surface area contributed by atoms with Gasteiger partial charge in [0.15, 0.2) is 0 Å². The molecule has 0 spiro atoms. The third kappa shape index (κ3) is 4.38. The molecule has 1 aromatic rings. The van der Waals surface area contributed by atoms with Gasteiger partial charge in [-0.25, -0.2) is 9.97 Å². The van der Waals surface area contributed by atoms with Crippen molar-refractivity contribution in [3.05, 3.63) is 11.8 Å². The molecule has 4 saturated carbocycles. The lowest BCUT2D eigenvalue weighted by atomic mass is 9.52. The second-order valence-electron chi connectivity index (χ2n) is 10.6. The summed E-state index contributed by atoms with van der Waals surface area (Å²) in [6.07, 6.45) is 7.84. The maximum absolute atomic E-state index is 13.4. The molecule has 8 heteroatoms. The van der Waals surface area contributed by atoms with E-state index in [-0.39, 0.29) is 24.2 Å². The number of morpholine rings is 1. The first-order valence-electron chi connectivity index (χ1n) is 12.3. The van der Waals surface area contributed by atoms with Crippen molar-refractivity contribution in [1.29, 1.82) is 0 Å². The summed E-state index contributed by atoms with van der Waals surface area (Å²) in [4.78, 5) is 25.0. The molecule has 4 aliphatic carbocycles. The van der Waals surface area contributed by atoms with Gasteiger partial charge in [-0.15, -0.1) is 11.8 Å². The summed E-state index contributed by atoms with van der Waals surface area (Å²) in [5.41, 5.74) is 0.0888. The lowest BCUT2D eigenvalue weighted by Crippen LogP contribution is -2.61. The number of rotatable bonds is 6. The molecule has 4 bridgehead atoms. The van der Waals surface area contributed by atoms with Gasteiger partial charge in [0, 0.05) is 25.3 Å². The van der Waals surface area contributed by atoms with Crippen LogP contribution in [0.3, 0.4) is 0 Å². The Hall–Kier alpha value is -1.38. The summed E-state index contributed by atoms with van der Waals surface area (Å²) in [5, 5.41) is 15.0. The molecule has 5 fully saturated rings. The molecule has 2 heterocycles. The zero-order chi connectivity index (χ0) is 22.5. The number of aromatic nitrogens is 2. The zero-order valence-corrected chi connectivity index (χ0v) is 20.2. The number of amides is 1. The van der Waals surface area contributed by atoms with Crippen LogP contribution in [0.25, 0.3) is 0 Å². The number of nitrogens with one attached hydrogen (secondary N) is 1. The van der Waals surface area contributed by atoms with Crippen molar-refractivity contribution in [1.82, 2.24) is 15.3 Å². The number of thioether (sulfide) groups is 1. The van der Waals surface area contributed by atoms with Crippen molar-refractivity contribution in [2.75, 3.05) is 23.7 Å². The van der Waals surface area contributed by atoms with Crippen LogP contribution in [0, 0.1) is 17.8 Å². The van der Waals surface area contributed by atoms with Crippen molar-refractivity contribution < 1.29 is 14.6 Å².